The first-order chi connectivity index (χ1) is 6.60. The molecule has 0 unspecified atom stereocenters. The van der Waals surface area contributed by atoms with Gasteiger partial charge in [-0.15, -0.1) is 0 Å². The number of aryl methyl sites for hydroxylation is 1. The molecule has 1 aliphatic carbocycles. The van der Waals surface area contributed by atoms with Crippen molar-refractivity contribution >= 4 is 0 Å². The molecule has 14 heavy (non-hydrogen) atoms. The maximum Gasteiger partial charge on any atom is 0.0528 e. The molecule has 1 N–H and O–H groups in total. The van der Waals surface area contributed by atoms with Crippen molar-refractivity contribution < 1.29 is 5.11 Å². The number of hydrogen-bond donors (Lipinski definition) is 1. The molecule has 0 bridgehead atoms. The zero-order chi connectivity index (χ0) is 10.3. The third-order valence-corrected chi connectivity index (χ3v) is 3.79. The maximum atomic E-state index is 9.39. The van der Waals surface area contributed by atoms with E-state index in [-0.39, 0.29) is 5.41 Å². The van der Waals surface area contributed by atoms with Gasteiger partial charge in [-0.2, -0.15) is 0 Å². The summed E-state index contributed by atoms with van der Waals surface area (Å²) in [5.74, 6) is 0. The molecule has 0 atom stereocenters. The van der Waals surface area contributed by atoms with Crippen molar-refractivity contribution in [1.82, 2.24) is 0 Å². The fraction of sp³-hybridized carbons (Fsp3) is 0.538. The molecular weight excluding hydrogens is 172 g/mol. The first-order valence-corrected chi connectivity index (χ1v) is 5.29. The minimum atomic E-state index is 0.114. The van der Waals surface area contributed by atoms with Crippen molar-refractivity contribution in [3.05, 3.63) is 34.4 Å². The van der Waals surface area contributed by atoms with Gasteiger partial charge in [0.25, 0.3) is 0 Å². The second-order valence-electron chi connectivity index (χ2n) is 4.62. The van der Waals surface area contributed by atoms with Crippen LogP contribution in [-0.2, 0) is 5.41 Å². The molecule has 0 aromatic heterocycles. The molecule has 1 nitrogen and oxygen atoms in total. The van der Waals surface area contributed by atoms with E-state index >= 15 is 0 Å². The Hall–Kier alpha value is -0.820. The first-order valence-electron chi connectivity index (χ1n) is 5.29. The molecule has 0 radical (unpaired) electrons. The normalized spacial score (nSPS) is 18.3. The molecule has 0 amide bonds. The van der Waals surface area contributed by atoms with Gasteiger partial charge in [-0.1, -0.05) is 12.1 Å². The Labute approximate surface area is 85.8 Å². The smallest absolute Gasteiger partial charge is 0.0528 e. The van der Waals surface area contributed by atoms with Gasteiger partial charge in [-0.3, -0.25) is 0 Å². The van der Waals surface area contributed by atoms with Gasteiger partial charge < -0.3 is 5.11 Å². The van der Waals surface area contributed by atoms with Crippen molar-refractivity contribution in [1.29, 1.82) is 0 Å². The quantitative estimate of drug-likeness (QED) is 0.760. The molecule has 0 saturated heterocycles. The zero-order valence-corrected chi connectivity index (χ0v) is 9.22. The number of benzene rings is 1. The van der Waals surface area contributed by atoms with Crippen molar-refractivity contribution in [3.63, 3.8) is 0 Å². The molecule has 0 aliphatic heterocycles. The molecule has 76 valence electrons. The van der Waals surface area contributed by atoms with E-state index in [4.69, 9.17) is 0 Å². The Morgan fingerprint density at radius 2 is 1.79 bits per heavy atom. The average Bonchev–Trinajstić information content (AvgIpc) is 2.95. The second-order valence-corrected chi connectivity index (χ2v) is 4.62. The lowest BCUT2D eigenvalue weighted by atomic mass is 9.88. The molecule has 0 spiro atoms. The molecule has 1 aliphatic rings. The molecule has 2 rings (SSSR count). The molecule has 1 aromatic rings. The summed E-state index contributed by atoms with van der Waals surface area (Å²) < 4.78 is 0. The monoisotopic (exact) mass is 190 g/mol. The van der Waals surface area contributed by atoms with Crippen LogP contribution in [0.4, 0.5) is 0 Å². The summed E-state index contributed by atoms with van der Waals surface area (Å²) in [7, 11) is 0. The van der Waals surface area contributed by atoms with E-state index in [1.165, 1.54) is 22.3 Å². The summed E-state index contributed by atoms with van der Waals surface area (Å²) in [6, 6.07) is 4.37. The fourth-order valence-corrected chi connectivity index (χ4v) is 2.19. The van der Waals surface area contributed by atoms with Crippen LogP contribution in [0.5, 0.6) is 0 Å². The predicted molar refractivity (Wildman–Crippen MR) is 58.7 cm³/mol. The highest BCUT2D eigenvalue weighted by Gasteiger charge is 2.44. The van der Waals surface area contributed by atoms with E-state index in [1.807, 2.05) is 0 Å². The van der Waals surface area contributed by atoms with Crippen LogP contribution in [0.15, 0.2) is 12.1 Å². The topological polar surface area (TPSA) is 20.2 Å². The van der Waals surface area contributed by atoms with Crippen LogP contribution in [0.3, 0.4) is 0 Å². The Morgan fingerprint density at radius 3 is 2.29 bits per heavy atom. The summed E-state index contributed by atoms with van der Waals surface area (Å²) in [6.45, 7) is 6.79. The first kappa shape index (κ1) is 9.72. The average molecular weight is 190 g/mol. The van der Waals surface area contributed by atoms with Crippen LogP contribution < -0.4 is 0 Å². The van der Waals surface area contributed by atoms with Gasteiger partial charge >= 0.3 is 0 Å². The van der Waals surface area contributed by atoms with E-state index < -0.39 is 0 Å². The molecule has 1 saturated carbocycles. The highest BCUT2D eigenvalue weighted by atomic mass is 16.3. The minimum absolute atomic E-state index is 0.114. The molecular formula is C13H18O. The summed E-state index contributed by atoms with van der Waals surface area (Å²) in [5.41, 5.74) is 5.57. The number of hydrogen-bond acceptors (Lipinski definition) is 1. The highest BCUT2D eigenvalue weighted by Crippen LogP contribution is 2.49. The number of aliphatic hydroxyl groups excluding tert-OH is 1. The van der Waals surface area contributed by atoms with Crippen LogP contribution in [0.25, 0.3) is 0 Å². The van der Waals surface area contributed by atoms with Gasteiger partial charge in [0.2, 0.25) is 0 Å². The highest BCUT2D eigenvalue weighted by molar-refractivity contribution is 5.45. The van der Waals surface area contributed by atoms with Crippen molar-refractivity contribution in [2.45, 2.75) is 39.0 Å². The van der Waals surface area contributed by atoms with E-state index in [1.54, 1.807) is 0 Å². The molecule has 1 heteroatoms. The van der Waals surface area contributed by atoms with Gasteiger partial charge in [0, 0.05) is 5.41 Å². The van der Waals surface area contributed by atoms with Crippen LogP contribution in [-0.4, -0.2) is 11.7 Å². The summed E-state index contributed by atoms with van der Waals surface area (Å²) in [5, 5.41) is 9.39. The van der Waals surface area contributed by atoms with Gasteiger partial charge in [-0.05, 0) is 55.9 Å². The predicted octanol–water partition coefficient (Wildman–Crippen LogP) is 2.64. The Balaban J connectivity index is 2.50. The van der Waals surface area contributed by atoms with Gasteiger partial charge in [-0.25, -0.2) is 0 Å². The molecule has 0 heterocycles. The molecule has 1 aromatic carbocycles. The second kappa shape index (κ2) is 3.09. The summed E-state index contributed by atoms with van der Waals surface area (Å²) in [6.07, 6.45) is 2.29. The lowest BCUT2D eigenvalue weighted by Crippen LogP contribution is -2.14. The lowest BCUT2D eigenvalue weighted by Gasteiger charge is -2.18. The SMILES string of the molecule is Cc1ccc(C2(CO)CC2)c(C)c1C. The summed E-state index contributed by atoms with van der Waals surface area (Å²) in [4.78, 5) is 0. The van der Waals surface area contributed by atoms with Crippen molar-refractivity contribution in [3.8, 4) is 0 Å². The minimum Gasteiger partial charge on any atom is -0.395 e. The van der Waals surface area contributed by atoms with Crippen LogP contribution in [0, 0.1) is 20.8 Å². The number of aliphatic hydroxyl groups is 1. The van der Waals surface area contributed by atoms with Gasteiger partial charge in [0.05, 0.1) is 6.61 Å². The van der Waals surface area contributed by atoms with E-state index in [2.05, 4.69) is 32.9 Å². The van der Waals surface area contributed by atoms with Crippen LogP contribution in [0.2, 0.25) is 0 Å². The fourth-order valence-electron chi connectivity index (χ4n) is 2.19. The lowest BCUT2D eigenvalue weighted by molar-refractivity contribution is 0.254. The van der Waals surface area contributed by atoms with Crippen molar-refractivity contribution in [2.75, 3.05) is 6.61 Å². The van der Waals surface area contributed by atoms with Crippen LogP contribution >= 0.6 is 0 Å². The maximum absolute atomic E-state index is 9.39. The third kappa shape index (κ3) is 1.27. The summed E-state index contributed by atoms with van der Waals surface area (Å²) >= 11 is 0. The van der Waals surface area contributed by atoms with E-state index in [0.29, 0.717) is 6.61 Å². The standard InChI is InChI=1S/C13H18O/c1-9-4-5-12(11(3)10(9)2)13(8-14)6-7-13/h4-5,14H,6-8H2,1-3H3. The van der Waals surface area contributed by atoms with Crippen LogP contribution in [0.1, 0.15) is 35.1 Å². The Kier molecular flexibility index (Phi) is 2.15. The van der Waals surface area contributed by atoms with E-state index in [9.17, 15) is 5.11 Å². The van der Waals surface area contributed by atoms with Gasteiger partial charge in [0.15, 0.2) is 0 Å². The molecule has 1 fully saturated rings. The number of rotatable bonds is 2. The zero-order valence-electron chi connectivity index (χ0n) is 9.22. The Bertz CT molecular complexity index is 362. The van der Waals surface area contributed by atoms with E-state index in [0.717, 1.165) is 12.8 Å². The van der Waals surface area contributed by atoms with Gasteiger partial charge in [0.1, 0.15) is 0 Å². The van der Waals surface area contributed by atoms with Crippen molar-refractivity contribution in [2.24, 2.45) is 0 Å². The Morgan fingerprint density at radius 1 is 1.14 bits per heavy atom. The third-order valence-electron chi connectivity index (χ3n) is 3.79. The largest absolute Gasteiger partial charge is 0.395 e.